The van der Waals surface area contributed by atoms with Gasteiger partial charge in [0.05, 0.1) is 18.5 Å². The highest BCUT2D eigenvalue weighted by Gasteiger charge is 2.19. The number of sulfonamides is 1. The molecule has 33 heavy (non-hydrogen) atoms. The van der Waals surface area contributed by atoms with Crippen LogP contribution in [0.25, 0.3) is 0 Å². The number of anilines is 1. The van der Waals surface area contributed by atoms with Crippen molar-refractivity contribution in [3.05, 3.63) is 100 Å². The summed E-state index contributed by atoms with van der Waals surface area (Å²) in [6.07, 6.45) is 1.19. The van der Waals surface area contributed by atoms with Gasteiger partial charge < -0.3 is 5.32 Å². The molecule has 0 aromatic heterocycles. The number of thioether (sulfide) groups is 1. The second kappa shape index (κ2) is 11.6. The van der Waals surface area contributed by atoms with Crippen LogP contribution in [0.2, 0.25) is 5.02 Å². The van der Waals surface area contributed by atoms with Gasteiger partial charge in [-0.15, -0.1) is 0 Å². The number of nitrogens with zero attached hydrogens (tertiary/aromatic N) is 1. The molecule has 0 unspecified atom stereocenters. The molecule has 0 aliphatic heterocycles. The van der Waals surface area contributed by atoms with Gasteiger partial charge in [0.1, 0.15) is 0 Å². The number of rotatable bonds is 10. The number of halogens is 1. The molecular formula is C25H27ClN2O3S2. The van der Waals surface area contributed by atoms with Crippen LogP contribution in [0.4, 0.5) is 5.69 Å². The predicted molar refractivity (Wildman–Crippen MR) is 139 cm³/mol. The van der Waals surface area contributed by atoms with Crippen LogP contribution >= 0.6 is 23.4 Å². The molecule has 0 saturated carbocycles. The van der Waals surface area contributed by atoms with Crippen LogP contribution in [0.5, 0.6) is 0 Å². The fourth-order valence-electron chi connectivity index (χ4n) is 3.26. The first kappa shape index (κ1) is 25.1. The molecule has 3 aromatic carbocycles. The van der Waals surface area contributed by atoms with E-state index in [0.29, 0.717) is 17.8 Å². The summed E-state index contributed by atoms with van der Waals surface area (Å²) in [5.41, 5.74) is 4.03. The smallest absolute Gasteiger partial charge is 0.251 e. The summed E-state index contributed by atoms with van der Waals surface area (Å²) in [6, 6.07) is 22.0. The summed E-state index contributed by atoms with van der Waals surface area (Å²) in [5.74, 6) is 1.35. The van der Waals surface area contributed by atoms with Crippen molar-refractivity contribution in [1.29, 1.82) is 0 Å². The van der Waals surface area contributed by atoms with E-state index >= 15 is 0 Å². The van der Waals surface area contributed by atoms with Crippen LogP contribution in [0.15, 0.2) is 72.8 Å². The molecule has 3 aromatic rings. The van der Waals surface area contributed by atoms with Crippen molar-refractivity contribution in [2.24, 2.45) is 0 Å². The molecule has 0 bridgehead atoms. The molecule has 1 amide bonds. The number of hydrogen-bond donors (Lipinski definition) is 1. The van der Waals surface area contributed by atoms with Crippen LogP contribution in [-0.2, 0) is 22.3 Å². The Hall–Kier alpha value is -2.48. The zero-order valence-electron chi connectivity index (χ0n) is 18.6. The van der Waals surface area contributed by atoms with E-state index in [1.165, 1.54) is 10.6 Å². The molecule has 0 heterocycles. The number of carbonyl (C=O) groups is 1. The van der Waals surface area contributed by atoms with Crippen molar-refractivity contribution in [3.63, 3.8) is 0 Å². The van der Waals surface area contributed by atoms with Crippen molar-refractivity contribution in [1.82, 2.24) is 5.32 Å². The van der Waals surface area contributed by atoms with Gasteiger partial charge in [-0.1, -0.05) is 54.1 Å². The van der Waals surface area contributed by atoms with Crippen molar-refractivity contribution in [2.75, 3.05) is 22.9 Å². The van der Waals surface area contributed by atoms with Crippen LogP contribution in [0.1, 0.15) is 27.0 Å². The van der Waals surface area contributed by atoms with Gasteiger partial charge in [-0.25, -0.2) is 8.42 Å². The quantitative estimate of drug-likeness (QED) is 0.383. The fraction of sp³-hybridized carbons (Fsp3) is 0.240. The highest BCUT2D eigenvalue weighted by Crippen LogP contribution is 2.23. The summed E-state index contributed by atoms with van der Waals surface area (Å²) >= 11 is 7.86. The Bertz CT molecular complexity index is 1200. The van der Waals surface area contributed by atoms with Gasteiger partial charge in [-0.2, -0.15) is 11.8 Å². The van der Waals surface area contributed by atoms with Crippen molar-refractivity contribution < 1.29 is 13.2 Å². The topological polar surface area (TPSA) is 66.5 Å². The first-order chi connectivity index (χ1) is 15.8. The second-order valence-corrected chi connectivity index (χ2v) is 11.1. The first-order valence-electron chi connectivity index (χ1n) is 10.5. The minimum absolute atomic E-state index is 0.190. The van der Waals surface area contributed by atoms with Gasteiger partial charge in [0.2, 0.25) is 10.0 Å². The number of benzene rings is 3. The SMILES string of the molecule is Cc1ccccc1CN(c1ccc(C(=O)NCCSCc2ccccc2Cl)cc1)S(C)(=O)=O. The Kier molecular flexibility index (Phi) is 8.83. The number of hydrogen-bond acceptors (Lipinski definition) is 4. The molecule has 0 aliphatic rings. The number of nitrogens with one attached hydrogen (secondary N) is 1. The predicted octanol–water partition coefficient (Wildman–Crippen LogP) is 5.28. The van der Waals surface area contributed by atoms with Gasteiger partial charge in [0.15, 0.2) is 0 Å². The third-order valence-corrected chi connectivity index (χ3v) is 7.66. The molecule has 0 spiro atoms. The Morgan fingerprint density at radius 3 is 2.24 bits per heavy atom. The third kappa shape index (κ3) is 7.25. The lowest BCUT2D eigenvalue weighted by atomic mass is 10.1. The van der Waals surface area contributed by atoms with E-state index in [4.69, 9.17) is 11.6 Å². The maximum atomic E-state index is 12.5. The Labute approximate surface area is 205 Å². The van der Waals surface area contributed by atoms with Gasteiger partial charge in [-0.3, -0.25) is 9.10 Å². The zero-order chi connectivity index (χ0) is 23.8. The van der Waals surface area contributed by atoms with E-state index < -0.39 is 10.0 Å². The number of amides is 1. The molecule has 1 N–H and O–H groups in total. The minimum atomic E-state index is -3.49. The lowest BCUT2D eigenvalue weighted by Crippen LogP contribution is -2.30. The number of aryl methyl sites for hydroxylation is 1. The standard InChI is InChI=1S/C25H27ClN2O3S2/c1-19-7-3-4-8-21(19)17-28(33(2,30)31)23-13-11-20(12-14-23)25(29)27-15-16-32-18-22-9-5-6-10-24(22)26/h3-14H,15-18H2,1-2H3,(H,27,29). The third-order valence-electron chi connectivity index (χ3n) is 5.14. The van der Waals surface area contributed by atoms with Gasteiger partial charge in [0.25, 0.3) is 5.91 Å². The monoisotopic (exact) mass is 502 g/mol. The fourth-order valence-corrected chi connectivity index (χ4v) is 5.28. The second-order valence-electron chi connectivity index (χ2n) is 7.64. The molecule has 0 atom stereocenters. The molecule has 0 fully saturated rings. The van der Waals surface area contributed by atoms with Crippen LogP contribution in [0.3, 0.4) is 0 Å². The normalized spacial score (nSPS) is 11.2. The Morgan fingerprint density at radius 2 is 1.61 bits per heavy atom. The molecule has 174 valence electrons. The molecule has 3 rings (SSSR count). The lowest BCUT2D eigenvalue weighted by molar-refractivity contribution is 0.0956. The van der Waals surface area contributed by atoms with Crippen molar-refractivity contribution >= 4 is 45.0 Å². The molecule has 0 aliphatic carbocycles. The average molecular weight is 503 g/mol. The van der Waals surface area contributed by atoms with E-state index in [1.807, 2.05) is 55.5 Å². The Balaban J connectivity index is 1.56. The van der Waals surface area contributed by atoms with E-state index in [0.717, 1.165) is 33.2 Å². The first-order valence-corrected chi connectivity index (χ1v) is 13.9. The molecule has 0 radical (unpaired) electrons. The molecule has 8 heteroatoms. The lowest BCUT2D eigenvalue weighted by Gasteiger charge is -2.23. The van der Waals surface area contributed by atoms with E-state index in [1.54, 1.807) is 36.0 Å². The highest BCUT2D eigenvalue weighted by molar-refractivity contribution is 7.98. The van der Waals surface area contributed by atoms with Crippen LogP contribution in [-0.4, -0.2) is 32.9 Å². The molecule has 5 nitrogen and oxygen atoms in total. The maximum Gasteiger partial charge on any atom is 0.251 e. The van der Waals surface area contributed by atoms with Gasteiger partial charge in [0, 0.05) is 28.6 Å². The summed E-state index contributed by atoms with van der Waals surface area (Å²) in [7, 11) is -3.49. The summed E-state index contributed by atoms with van der Waals surface area (Å²) in [4.78, 5) is 12.5. The van der Waals surface area contributed by atoms with Crippen molar-refractivity contribution in [3.8, 4) is 0 Å². The summed E-state index contributed by atoms with van der Waals surface area (Å²) in [6.45, 7) is 2.72. The van der Waals surface area contributed by atoms with Crippen LogP contribution in [0, 0.1) is 6.92 Å². The molecule has 0 saturated heterocycles. The highest BCUT2D eigenvalue weighted by atomic mass is 35.5. The van der Waals surface area contributed by atoms with Crippen molar-refractivity contribution in [2.45, 2.75) is 19.2 Å². The largest absolute Gasteiger partial charge is 0.351 e. The van der Waals surface area contributed by atoms with Gasteiger partial charge >= 0.3 is 0 Å². The Morgan fingerprint density at radius 1 is 0.970 bits per heavy atom. The zero-order valence-corrected chi connectivity index (χ0v) is 21.0. The van der Waals surface area contributed by atoms with E-state index in [9.17, 15) is 13.2 Å². The summed E-state index contributed by atoms with van der Waals surface area (Å²) in [5, 5.41) is 3.65. The molecular weight excluding hydrogens is 476 g/mol. The summed E-state index contributed by atoms with van der Waals surface area (Å²) < 4.78 is 26.2. The minimum Gasteiger partial charge on any atom is -0.351 e. The average Bonchev–Trinajstić information content (AvgIpc) is 2.78. The van der Waals surface area contributed by atoms with Crippen LogP contribution < -0.4 is 9.62 Å². The van der Waals surface area contributed by atoms with E-state index in [2.05, 4.69) is 5.32 Å². The van der Waals surface area contributed by atoms with E-state index in [-0.39, 0.29) is 12.5 Å². The maximum absolute atomic E-state index is 12.5. The number of carbonyl (C=O) groups excluding carboxylic acids is 1. The van der Waals surface area contributed by atoms with Gasteiger partial charge in [-0.05, 0) is 53.9 Å².